The van der Waals surface area contributed by atoms with Gasteiger partial charge in [-0.25, -0.2) is 0 Å². The maximum atomic E-state index is 2.49. The summed E-state index contributed by atoms with van der Waals surface area (Å²) in [7, 11) is 0. The predicted octanol–water partition coefficient (Wildman–Crippen LogP) is 6.63. The van der Waals surface area contributed by atoms with Crippen molar-refractivity contribution in [2.45, 2.75) is 32.1 Å². The lowest BCUT2D eigenvalue weighted by Gasteiger charge is -2.39. The molecule has 2 aliphatic carbocycles. The quantitative estimate of drug-likeness (QED) is 0.496. The van der Waals surface area contributed by atoms with Crippen LogP contribution in [0.3, 0.4) is 0 Å². The first kappa shape index (κ1) is 15.2. The molecule has 0 heteroatoms. The molecule has 2 bridgehead atoms. The second-order valence-electron chi connectivity index (χ2n) is 8.31. The van der Waals surface area contributed by atoms with Crippen molar-refractivity contribution in [3.05, 3.63) is 83.9 Å². The van der Waals surface area contributed by atoms with Crippen LogP contribution in [-0.2, 0) is 0 Å². The number of benzene rings is 3. The van der Waals surface area contributed by atoms with E-state index in [1.54, 1.807) is 11.1 Å². The average molecular weight is 326 g/mol. The van der Waals surface area contributed by atoms with E-state index in [0.717, 1.165) is 23.7 Å². The first-order valence-corrected chi connectivity index (χ1v) is 9.78. The summed E-state index contributed by atoms with van der Waals surface area (Å²) in [6.07, 6.45) is 1.40. The van der Waals surface area contributed by atoms with Gasteiger partial charge in [-0.05, 0) is 63.8 Å². The minimum Gasteiger partial charge on any atom is -0.0622 e. The van der Waals surface area contributed by atoms with E-state index in [1.165, 1.54) is 17.2 Å². The Kier molecular flexibility index (Phi) is 3.48. The predicted molar refractivity (Wildman–Crippen MR) is 106 cm³/mol. The minimum atomic E-state index is 0.657. The maximum Gasteiger partial charge on any atom is -0.00531 e. The molecule has 0 N–H and O–H groups in total. The molecule has 3 aromatic carbocycles. The van der Waals surface area contributed by atoms with Crippen molar-refractivity contribution in [3.63, 3.8) is 0 Å². The third kappa shape index (κ3) is 2.20. The van der Waals surface area contributed by atoms with Gasteiger partial charge in [0.2, 0.25) is 0 Å². The largest absolute Gasteiger partial charge is 0.0622 e. The molecule has 0 radical (unpaired) electrons. The summed E-state index contributed by atoms with van der Waals surface area (Å²) in [5.41, 5.74) is 3.13. The summed E-state index contributed by atoms with van der Waals surface area (Å²) < 4.78 is 0. The molecule has 25 heavy (non-hydrogen) atoms. The van der Waals surface area contributed by atoms with Gasteiger partial charge in [-0.1, -0.05) is 86.6 Å². The normalized spacial score (nSPS) is 33.8. The highest BCUT2D eigenvalue weighted by Gasteiger charge is 2.55. The van der Waals surface area contributed by atoms with E-state index in [9.17, 15) is 0 Å². The van der Waals surface area contributed by atoms with Gasteiger partial charge in [-0.3, -0.25) is 0 Å². The molecule has 6 atom stereocenters. The van der Waals surface area contributed by atoms with Crippen LogP contribution in [-0.4, -0.2) is 0 Å². The van der Waals surface area contributed by atoms with Crippen molar-refractivity contribution in [3.8, 4) is 0 Å². The summed E-state index contributed by atoms with van der Waals surface area (Å²) >= 11 is 0. The zero-order valence-corrected chi connectivity index (χ0v) is 15.1. The van der Waals surface area contributed by atoms with Crippen molar-refractivity contribution >= 4 is 10.8 Å². The highest BCUT2D eigenvalue weighted by atomic mass is 14.6. The van der Waals surface area contributed by atoms with Gasteiger partial charge in [-0.15, -0.1) is 0 Å². The molecular weight excluding hydrogens is 300 g/mol. The second kappa shape index (κ2) is 5.73. The van der Waals surface area contributed by atoms with Crippen LogP contribution in [0.1, 0.15) is 43.2 Å². The fraction of sp³-hybridized carbons (Fsp3) is 0.360. The number of fused-ring (bicyclic) bond motifs is 3. The molecule has 0 saturated heterocycles. The lowest BCUT2D eigenvalue weighted by atomic mass is 9.64. The van der Waals surface area contributed by atoms with Crippen molar-refractivity contribution < 1.29 is 0 Å². The Balaban J connectivity index is 1.70. The van der Waals surface area contributed by atoms with Crippen molar-refractivity contribution in [1.29, 1.82) is 0 Å². The first-order chi connectivity index (χ1) is 12.3. The fourth-order valence-electron chi connectivity index (χ4n) is 6.10. The number of rotatable bonds is 2. The maximum absolute atomic E-state index is 2.49. The van der Waals surface area contributed by atoms with E-state index in [4.69, 9.17) is 0 Å². The smallest absolute Gasteiger partial charge is 0.00531 e. The molecule has 5 rings (SSSR count). The third-order valence-corrected chi connectivity index (χ3v) is 7.40. The van der Waals surface area contributed by atoms with Gasteiger partial charge in [-0.2, -0.15) is 0 Å². The molecule has 0 aliphatic heterocycles. The van der Waals surface area contributed by atoms with E-state index in [1.807, 2.05) is 0 Å². The molecule has 0 heterocycles. The standard InChI is InChI=1S/C25H26/c1-16-17(2)23-15-22(16)24(19-10-4-3-5-11-19)25(23)21-14-8-12-18-9-6-7-13-20(18)21/h3-14,16-17,22-25H,15H2,1-2H3/t16?,17?,22-,23+,24-,25+/m1/s1. The Labute approximate surface area is 150 Å². The second-order valence-corrected chi connectivity index (χ2v) is 8.31. The van der Waals surface area contributed by atoms with E-state index in [0.29, 0.717) is 11.8 Å². The monoisotopic (exact) mass is 326 g/mol. The lowest BCUT2D eigenvalue weighted by molar-refractivity contribution is 0.205. The number of hydrogen-bond acceptors (Lipinski definition) is 0. The molecule has 0 amide bonds. The van der Waals surface area contributed by atoms with E-state index in [2.05, 4.69) is 86.6 Å². The van der Waals surface area contributed by atoms with Crippen LogP contribution >= 0.6 is 0 Å². The Morgan fingerprint density at radius 1 is 0.640 bits per heavy atom. The SMILES string of the molecule is CC1C(C)[C@@H]2C[C@H]1[C@@H](c1ccccc1)[C@H]2c1cccc2ccccc12. The summed E-state index contributed by atoms with van der Waals surface area (Å²) in [6, 6.07) is 27.2. The number of hydrogen-bond donors (Lipinski definition) is 0. The summed E-state index contributed by atoms with van der Waals surface area (Å²) in [5, 5.41) is 2.85. The Hall–Kier alpha value is -2.08. The topological polar surface area (TPSA) is 0 Å². The van der Waals surface area contributed by atoms with Gasteiger partial charge >= 0.3 is 0 Å². The van der Waals surface area contributed by atoms with Crippen LogP contribution in [0.5, 0.6) is 0 Å². The molecule has 2 saturated carbocycles. The van der Waals surface area contributed by atoms with Gasteiger partial charge < -0.3 is 0 Å². The molecule has 0 aromatic heterocycles. The Morgan fingerprint density at radius 2 is 1.28 bits per heavy atom. The summed E-state index contributed by atoms with van der Waals surface area (Å²) in [6.45, 7) is 4.99. The molecule has 126 valence electrons. The minimum absolute atomic E-state index is 0.657. The van der Waals surface area contributed by atoms with Crippen molar-refractivity contribution in [2.24, 2.45) is 23.7 Å². The zero-order valence-electron chi connectivity index (χ0n) is 15.1. The van der Waals surface area contributed by atoms with Crippen LogP contribution < -0.4 is 0 Å². The highest BCUT2D eigenvalue weighted by molar-refractivity contribution is 5.86. The highest BCUT2D eigenvalue weighted by Crippen LogP contribution is 2.65. The molecular formula is C25H26. The fourth-order valence-corrected chi connectivity index (χ4v) is 6.10. The Bertz CT molecular complexity index is 889. The first-order valence-electron chi connectivity index (χ1n) is 9.78. The van der Waals surface area contributed by atoms with Gasteiger partial charge in [0, 0.05) is 0 Å². The molecule has 2 fully saturated rings. The van der Waals surface area contributed by atoms with Gasteiger partial charge in [0.05, 0.1) is 0 Å². The molecule has 0 nitrogen and oxygen atoms in total. The van der Waals surface area contributed by atoms with Crippen LogP contribution in [0.2, 0.25) is 0 Å². The lowest BCUT2D eigenvalue weighted by Crippen LogP contribution is -2.30. The molecule has 2 unspecified atom stereocenters. The van der Waals surface area contributed by atoms with Crippen LogP contribution in [0, 0.1) is 23.7 Å². The van der Waals surface area contributed by atoms with Crippen molar-refractivity contribution in [2.75, 3.05) is 0 Å². The van der Waals surface area contributed by atoms with E-state index in [-0.39, 0.29) is 0 Å². The van der Waals surface area contributed by atoms with E-state index < -0.39 is 0 Å². The third-order valence-electron chi connectivity index (χ3n) is 7.40. The van der Waals surface area contributed by atoms with Crippen LogP contribution in [0.4, 0.5) is 0 Å². The van der Waals surface area contributed by atoms with Gasteiger partial charge in [0.25, 0.3) is 0 Å². The van der Waals surface area contributed by atoms with E-state index >= 15 is 0 Å². The Morgan fingerprint density at radius 3 is 2.08 bits per heavy atom. The molecule has 0 spiro atoms. The molecule has 3 aromatic rings. The summed E-state index contributed by atoms with van der Waals surface area (Å²) in [4.78, 5) is 0. The van der Waals surface area contributed by atoms with Crippen LogP contribution in [0.15, 0.2) is 72.8 Å². The molecule has 2 aliphatic rings. The zero-order chi connectivity index (χ0) is 17.0. The van der Waals surface area contributed by atoms with Gasteiger partial charge in [0.15, 0.2) is 0 Å². The summed E-state index contributed by atoms with van der Waals surface area (Å²) in [5.74, 6) is 4.63. The van der Waals surface area contributed by atoms with Crippen molar-refractivity contribution in [1.82, 2.24) is 0 Å². The van der Waals surface area contributed by atoms with Crippen LogP contribution in [0.25, 0.3) is 10.8 Å². The van der Waals surface area contributed by atoms with Gasteiger partial charge in [0.1, 0.15) is 0 Å². The average Bonchev–Trinajstić information content (AvgIpc) is 3.19.